The van der Waals surface area contributed by atoms with Crippen LogP contribution in [0.2, 0.25) is 0 Å². The molecule has 1 aromatic carbocycles. The molecule has 0 aliphatic heterocycles. The van der Waals surface area contributed by atoms with Crippen molar-refractivity contribution in [3.63, 3.8) is 0 Å². The fourth-order valence-electron chi connectivity index (χ4n) is 2.40. The molecule has 110 valence electrons. The van der Waals surface area contributed by atoms with Gasteiger partial charge in [-0.2, -0.15) is 0 Å². The summed E-state index contributed by atoms with van der Waals surface area (Å²) in [7, 11) is 1.85. The minimum absolute atomic E-state index is 0.232. The van der Waals surface area contributed by atoms with Crippen LogP contribution in [0.3, 0.4) is 0 Å². The van der Waals surface area contributed by atoms with Gasteiger partial charge in [-0.15, -0.1) is 0 Å². The van der Waals surface area contributed by atoms with Gasteiger partial charge in [0.1, 0.15) is 0 Å². The van der Waals surface area contributed by atoms with Crippen LogP contribution in [0, 0.1) is 0 Å². The lowest BCUT2D eigenvalue weighted by molar-refractivity contribution is -0.117. The molecule has 0 bridgehead atoms. The summed E-state index contributed by atoms with van der Waals surface area (Å²) in [5, 5.41) is 3.39. The molecule has 0 spiro atoms. The first-order valence-electron chi connectivity index (χ1n) is 6.93. The first kappa shape index (κ1) is 14.0. The Kier molecular flexibility index (Phi) is 3.70. The summed E-state index contributed by atoms with van der Waals surface area (Å²) in [6.45, 7) is 0.232. The Labute approximate surface area is 127 Å². The number of hydrogen-bond donors (Lipinski definition) is 1. The maximum atomic E-state index is 12.3. The first-order chi connectivity index (χ1) is 10.7. The molecule has 1 amide bonds. The highest BCUT2D eigenvalue weighted by atomic mass is 16.2. The fraction of sp³-hybridized carbons (Fsp3) is 0.118. The van der Waals surface area contributed by atoms with Crippen LogP contribution in [0.5, 0.6) is 0 Å². The summed E-state index contributed by atoms with van der Waals surface area (Å²) in [6, 6.07) is 12.9. The number of rotatable bonds is 4. The fourth-order valence-corrected chi connectivity index (χ4v) is 2.40. The van der Waals surface area contributed by atoms with Crippen molar-refractivity contribution in [1.82, 2.24) is 14.9 Å². The lowest BCUT2D eigenvalue weighted by atomic mass is 10.1. The maximum absolute atomic E-state index is 12.3. The third-order valence-electron chi connectivity index (χ3n) is 3.50. The van der Waals surface area contributed by atoms with Gasteiger partial charge in [0.25, 0.3) is 11.7 Å². The Bertz CT molecular complexity index is 837. The van der Waals surface area contributed by atoms with E-state index in [0.29, 0.717) is 11.3 Å². The van der Waals surface area contributed by atoms with Crippen molar-refractivity contribution in [2.24, 2.45) is 7.05 Å². The minimum atomic E-state index is -0.623. The Morgan fingerprint density at radius 3 is 2.68 bits per heavy atom. The van der Waals surface area contributed by atoms with Crippen LogP contribution in [-0.4, -0.2) is 21.2 Å². The molecule has 2 aromatic heterocycles. The van der Waals surface area contributed by atoms with Crippen LogP contribution in [0.25, 0.3) is 10.9 Å². The Hall–Kier alpha value is -2.95. The summed E-state index contributed by atoms with van der Waals surface area (Å²) in [5.41, 5.74) is 2.04. The summed E-state index contributed by atoms with van der Waals surface area (Å²) >= 11 is 0. The van der Waals surface area contributed by atoms with Crippen LogP contribution in [0.1, 0.15) is 16.1 Å². The van der Waals surface area contributed by atoms with Crippen LogP contribution in [0.15, 0.2) is 54.9 Å². The second kappa shape index (κ2) is 5.81. The number of carbonyl (C=O) groups excluding carboxylic acids is 2. The van der Waals surface area contributed by atoms with Gasteiger partial charge < -0.3 is 9.88 Å². The number of carbonyl (C=O) groups is 2. The summed E-state index contributed by atoms with van der Waals surface area (Å²) < 4.78 is 1.84. The van der Waals surface area contributed by atoms with E-state index in [0.717, 1.165) is 10.9 Å². The zero-order valence-electron chi connectivity index (χ0n) is 12.1. The third-order valence-corrected chi connectivity index (χ3v) is 3.50. The maximum Gasteiger partial charge on any atom is 0.292 e. The number of amides is 1. The zero-order chi connectivity index (χ0) is 15.5. The number of ketones is 1. The number of aromatic nitrogens is 2. The number of Topliss-reactive ketones (excluding diaryl/α,β-unsaturated/α-hetero) is 1. The minimum Gasteiger partial charge on any atom is -0.350 e. The van der Waals surface area contributed by atoms with Gasteiger partial charge in [0, 0.05) is 30.3 Å². The Morgan fingerprint density at radius 1 is 1.14 bits per heavy atom. The van der Waals surface area contributed by atoms with Crippen LogP contribution in [-0.2, 0) is 18.4 Å². The molecule has 3 aromatic rings. The van der Waals surface area contributed by atoms with E-state index >= 15 is 0 Å². The van der Waals surface area contributed by atoms with Gasteiger partial charge in [-0.05, 0) is 18.2 Å². The molecule has 0 aliphatic carbocycles. The van der Waals surface area contributed by atoms with E-state index in [1.54, 1.807) is 24.5 Å². The van der Waals surface area contributed by atoms with Gasteiger partial charge in [-0.1, -0.05) is 24.3 Å². The van der Waals surface area contributed by atoms with Crippen molar-refractivity contribution in [3.05, 3.63) is 66.1 Å². The smallest absolute Gasteiger partial charge is 0.292 e. The highest BCUT2D eigenvalue weighted by Gasteiger charge is 2.20. The molecular formula is C17H15N3O2. The largest absolute Gasteiger partial charge is 0.350 e. The van der Waals surface area contributed by atoms with Crippen LogP contribution >= 0.6 is 0 Å². The van der Waals surface area contributed by atoms with Gasteiger partial charge in [0.05, 0.1) is 17.8 Å². The second-order valence-corrected chi connectivity index (χ2v) is 5.00. The summed E-state index contributed by atoms with van der Waals surface area (Å²) in [4.78, 5) is 28.5. The molecule has 3 rings (SSSR count). The van der Waals surface area contributed by atoms with E-state index in [1.165, 1.54) is 0 Å². The predicted molar refractivity (Wildman–Crippen MR) is 83.3 cm³/mol. The predicted octanol–water partition coefficient (Wildman–Crippen LogP) is 2.07. The number of benzene rings is 1. The van der Waals surface area contributed by atoms with Crippen molar-refractivity contribution in [2.75, 3.05) is 0 Å². The molecule has 5 nitrogen and oxygen atoms in total. The van der Waals surface area contributed by atoms with Gasteiger partial charge in [-0.3, -0.25) is 14.6 Å². The summed E-state index contributed by atoms with van der Waals surface area (Å²) in [6.07, 6.45) is 3.33. The molecule has 2 heterocycles. The van der Waals surface area contributed by atoms with E-state index in [1.807, 2.05) is 41.9 Å². The SMILES string of the molecule is Cn1cc(C(=O)C(=O)NCc2ccccn2)c2ccccc21. The lowest BCUT2D eigenvalue weighted by Crippen LogP contribution is -2.30. The first-order valence-corrected chi connectivity index (χ1v) is 6.93. The molecule has 22 heavy (non-hydrogen) atoms. The third kappa shape index (κ3) is 2.61. The molecule has 0 saturated heterocycles. The number of hydrogen-bond acceptors (Lipinski definition) is 3. The lowest BCUT2D eigenvalue weighted by Gasteiger charge is -2.03. The molecule has 0 radical (unpaired) electrons. The molecule has 0 aliphatic rings. The van der Waals surface area contributed by atoms with E-state index in [9.17, 15) is 9.59 Å². The Balaban J connectivity index is 1.79. The van der Waals surface area contributed by atoms with E-state index in [4.69, 9.17) is 0 Å². The molecule has 1 N–H and O–H groups in total. The van der Waals surface area contributed by atoms with Crippen LogP contribution in [0.4, 0.5) is 0 Å². The topological polar surface area (TPSA) is 64.0 Å². The van der Waals surface area contributed by atoms with Crippen molar-refractivity contribution >= 4 is 22.6 Å². The Morgan fingerprint density at radius 2 is 1.91 bits per heavy atom. The molecule has 0 fully saturated rings. The van der Waals surface area contributed by atoms with Crippen molar-refractivity contribution < 1.29 is 9.59 Å². The number of nitrogens with zero attached hydrogens (tertiary/aromatic N) is 2. The highest BCUT2D eigenvalue weighted by Crippen LogP contribution is 2.20. The standard InChI is InChI=1S/C17H15N3O2/c1-20-11-14(13-7-2-3-8-15(13)20)16(21)17(22)19-10-12-6-4-5-9-18-12/h2-9,11H,10H2,1H3,(H,19,22). The van der Waals surface area contributed by atoms with E-state index in [2.05, 4.69) is 10.3 Å². The van der Waals surface area contributed by atoms with Crippen molar-refractivity contribution in [1.29, 1.82) is 0 Å². The van der Waals surface area contributed by atoms with E-state index < -0.39 is 11.7 Å². The average Bonchev–Trinajstić information content (AvgIpc) is 2.90. The molecule has 0 unspecified atom stereocenters. The highest BCUT2D eigenvalue weighted by molar-refractivity contribution is 6.44. The number of pyridine rings is 1. The molecule has 5 heteroatoms. The van der Waals surface area contributed by atoms with Gasteiger partial charge in [0.15, 0.2) is 0 Å². The summed E-state index contributed by atoms with van der Waals surface area (Å²) in [5.74, 6) is -1.16. The average molecular weight is 293 g/mol. The van der Waals surface area contributed by atoms with Gasteiger partial charge in [0.2, 0.25) is 0 Å². The van der Waals surface area contributed by atoms with Crippen molar-refractivity contribution in [2.45, 2.75) is 6.54 Å². The number of nitrogens with one attached hydrogen (secondary N) is 1. The quantitative estimate of drug-likeness (QED) is 0.591. The normalized spacial score (nSPS) is 10.6. The molecule has 0 atom stereocenters. The molecular weight excluding hydrogens is 278 g/mol. The van der Waals surface area contributed by atoms with Crippen molar-refractivity contribution in [3.8, 4) is 0 Å². The van der Waals surface area contributed by atoms with E-state index in [-0.39, 0.29) is 6.54 Å². The second-order valence-electron chi connectivity index (χ2n) is 5.00. The number of fused-ring (bicyclic) bond motifs is 1. The van der Waals surface area contributed by atoms with Gasteiger partial charge >= 0.3 is 0 Å². The number of aryl methyl sites for hydroxylation is 1. The monoisotopic (exact) mass is 293 g/mol. The van der Waals surface area contributed by atoms with Gasteiger partial charge in [-0.25, -0.2) is 0 Å². The zero-order valence-corrected chi connectivity index (χ0v) is 12.1. The number of para-hydroxylation sites is 1. The van der Waals surface area contributed by atoms with Crippen LogP contribution < -0.4 is 5.32 Å². The molecule has 0 saturated carbocycles.